The number of fused-ring (bicyclic) bond motifs is 1. The summed E-state index contributed by atoms with van der Waals surface area (Å²) in [6, 6.07) is 4.81. The monoisotopic (exact) mass is 423 g/mol. The highest BCUT2D eigenvalue weighted by molar-refractivity contribution is 7.85. The second kappa shape index (κ2) is 8.91. The van der Waals surface area contributed by atoms with Crippen LogP contribution in [-0.2, 0) is 30.4 Å². The van der Waals surface area contributed by atoms with E-state index in [9.17, 15) is 22.8 Å². The van der Waals surface area contributed by atoms with Gasteiger partial charge < -0.3 is 10.2 Å². The highest BCUT2D eigenvalue weighted by Crippen LogP contribution is 2.32. The van der Waals surface area contributed by atoms with Gasteiger partial charge in [0.2, 0.25) is 11.8 Å². The zero-order chi connectivity index (χ0) is 21.0. The zero-order valence-corrected chi connectivity index (χ0v) is 17.1. The SMILES string of the molecule is CS(=O)(=O)OCCCCCNc1cccc2c1CN(C1CCC(=O)NC1=O)C2=O. The molecule has 29 heavy (non-hydrogen) atoms. The summed E-state index contributed by atoms with van der Waals surface area (Å²) in [7, 11) is -3.39. The fourth-order valence-electron chi connectivity index (χ4n) is 3.59. The van der Waals surface area contributed by atoms with Gasteiger partial charge in [0.05, 0.1) is 12.9 Å². The number of carbonyl (C=O) groups is 3. The Morgan fingerprint density at radius 3 is 2.72 bits per heavy atom. The lowest BCUT2D eigenvalue weighted by Crippen LogP contribution is -2.52. The van der Waals surface area contributed by atoms with Crippen molar-refractivity contribution < 1.29 is 27.0 Å². The summed E-state index contributed by atoms with van der Waals surface area (Å²) in [5, 5.41) is 5.62. The Labute approximate surface area is 169 Å². The van der Waals surface area contributed by atoms with E-state index in [1.807, 2.05) is 6.07 Å². The second-order valence-electron chi connectivity index (χ2n) is 7.25. The molecule has 0 saturated carbocycles. The molecule has 1 fully saturated rings. The summed E-state index contributed by atoms with van der Waals surface area (Å²) in [5.74, 6) is -0.927. The summed E-state index contributed by atoms with van der Waals surface area (Å²) in [6.45, 7) is 1.17. The predicted octanol–water partition coefficient (Wildman–Crippen LogP) is 1.01. The molecule has 1 aromatic carbocycles. The Morgan fingerprint density at radius 2 is 2.00 bits per heavy atom. The summed E-state index contributed by atoms with van der Waals surface area (Å²) in [4.78, 5) is 37.8. The minimum absolute atomic E-state index is 0.176. The first kappa shape index (κ1) is 21.3. The Hall–Kier alpha value is -2.46. The summed E-state index contributed by atoms with van der Waals surface area (Å²) in [5.41, 5.74) is 2.27. The number of amides is 3. The van der Waals surface area contributed by atoms with Gasteiger partial charge in [-0.15, -0.1) is 0 Å². The van der Waals surface area contributed by atoms with Gasteiger partial charge in [-0.05, 0) is 37.8 Å². The first-order chi connectivity index (χ1) is 13.8. The van der Waals surface area contributed by atoms with Gasteiger partial charge in [0.1, 0.15) is 6.04 Å². The third kappa shape index (κ3) is 5.33. The van der Waals surface area contributed by atoms with Crippen molar-refractivity contribution in [2.24, 2.45) is 0 Å². The quantitative estimate of drug-likeness (QED) is 0.345. The lowest BCUT2D eigenvalue weighted by atomic mass is 10.0. The molecule has 0 aliphatic carbocycles. The maximum Gasteiger partial charge on any atom is 0.264 e. The molecule has 158 valence electrons. The van der Waals surface area contributed by atoms with Gasteiger partial charge in [-0.3, -0.25) is 23.9 Å². The molecule has 1 saturated heterocycles. The molecule has 1 atom stereocenters. The number of unbranched alkanes of at least 4 members (excludes halogenated alkanes) is 2. The molecule has 2 N–H and O–H groups in total. The first-order valence-corrected chi connectivity index (χ1v) is 11.4. The highest BCUT2D eigenvalue weighted by Gasteiger charge is 2.39. The highest BCUT2D eigenvalue weighted by atomic mass is 32.2. The molecule has 2 heterocycles. The van der Waals surface area contributed by atoms with Crippen LogP contribution in [0.5, 0.6) is 0 Å². The van der Waals surface area contributed by atoms with E-state index in [2.05, 4.69) is 10.6 Å². The van der Waals surface area contributed by atoms with Crippen LogP contribution in [0.15, 0.2) is 18.2 Å². The predicted molar refractivity (Wildman–Crippen MR) is 106 cm³/mol. The average molecular weight is 423 g/mol. The number of rotatable bonds is 9. The van der Waals surface area contributed by atoms with Gasteiger partial charge in [-0.25, -0.2) is 0 Å². The standard InChI is InChI=1S/C19H25N3O6S/c1-29(26,27)28-11-4-2-3-10-20-15-7-5-6-13-14(15)12-22(19(13)25)16-8-9-17(23)21-18(16)24/h5-7,16,20H,2-4,8-12H2,1H3,(H,21,23,24). The van der Waals surface area contributed by atoms with Crippen LogP contribution in [0, 0.1) is 0 Å². The van der Waals surface area contributed by atoms with Crippen LogP contribution in [0.4, 0.5) is 5.69 Å². The van der Waals surface area contributed by atoms with E-state index >= 15 is 0 Å². The number of piperidine rings is 1. The molecule has 1 aromatic rings. The summed E-state index contributed by atoms with van der Waals surface area (Å²) < 4.78 is 26.5. The normalized spacial score (nSPS) is 19.3. The van der Waals surface area contributed by atoms with Crippen molar-refractivity contribution in [1.82, 2.24) is 10.2 Å². The van der Waals surface area contributed by atoms with Crippen LogP contribution < -0.4 is 10.6 Å². The lowest BCUT2D eigenvalue weighted by molar-refractivity contribution is -0.136. The van der Waals surface area contributed by atoms with Gasteiger partial charge >= 0.3 is 0 Å². The summed E-state index contributed by atoms with van der Waals surface area (Å²) >= 11 is 0. The Kier molecular flexibility index (Phi) is 6.53. The largest absolute Gasteiger partial charge is 0.385 e. The van der Waals surface area contributed by atoms with Gasteiger partial charge in [-0.2, -0.15) is 8.42 Å². The molecule has 3 amide bonds. The number of imide groups is 1. The Morgan fingerprint density at radius 1 is 1.21 bits per heavy atom. The number of anilines is 1. The van der Waals surface area contributed by atoms with Crippen molar-refractivity contribution in [3.63, 3.8) is 0 Å². The number of hydrogen-bond acceptors (Lipinski definition) is 7. The number of carbonyl (C=O) groups excluding carboxylic acids is 3. The summed E-state index contributed by atoms with van der Waals surface area (Å²) in [6.07, 6.45) is 3.86. The zero-order valence-electron chi connectivity index (χ0n) is 16.3. The van der Waals surface area contributed by atoms with Crippen LogP contribution in [0.1, 0.15) is 48.0 Å². The molecule has 0 bridgehead atoms. The molecule has 1 unspecified atom stereocenters. The van der Waals surface area contributed by atoms with Gasteiger partial charge in [0, 0.05) is 36.3 Å². The second-order valence-corrected chi connectivity index (χ2v) is 8.89. The molecule has 2 aliphatic rings. The van der Waals surface area contributed by atoms with E-state index in [-0.39, 0.29) is 24.8 Å². The molecule has 2 aliphatic heterocycles. The molecular weight excluding hydrogens is 398 g/mol. The molecule has 9 nitrogen and oxygen atoms in total. The fourth-order valence-corrected chi connectivity index (χ4v) is 4.01. The van der Waals surface area contributed by atoms with Crippen LogP contribution in [-0.4, -0.2) is 56.5 Å². The van der Waals surface area contributed by atoms with E-state index < -0.39 is 22.1 Å². The minimum atomic E-state index is -3.39. The molecule has 0 spiro atoms. The van der Waals surface area contributed by atoms with Crippen molar-refractivity contribution >= 4 is 33.5 Å². The number of nitrogens with zero attached hydrogens (tertiary/aromatic N) is 1. The van der Waals surface area contributed by atoms with Crippen molar-refractivity contribution in [3.05, 3.63) is 29.3 Å². The molecule has 0 aromatic heterocycles. The molecular formula is C19H25N3O6S. The number of benzene rings is 1. The molecule has 3 rings (SSSR count). The average Bonchev–Trinajstić information content (AvgIpc) is 2.97. The smallest absolute Gasteiger partial charge is 0.264 e. The topological polar surface area (TPSA) is 122 Å². The van der Waals surface area contributed by atoms with E-state index in [0.717, 1.165) is 30.3 Å². The van der Waals surface area contributed by atoms with Gasteiger partial charge in [0.15, 0.2) is 0 Å². The van der Waals surface area contributed by atoms with Crippen LogP contribution >= 0.6 is 0 Å². The number of nitrogens with one attached hydrogen (secondary N) is 2. The molecule has 0 radical (unpaired) electrons. The van der Waals surface area contributed by atoms with E-state index in [1.54, 1.807) is 12.1 Å². The third-order valence-electron chi connectivity index (χ3n) is 5.02. The minimum Gasteiger partial charge on any atom is -0.385 e. The van der Waals surface area contributed by atoms with Gasteiger partial charge in [0.25, 0.3) is 16.0 Å². The fraction of sp³-hybridized carbons (Fsp3) is 0.526. The van der Waals surface area contributed by atoms with Crippen LogP contribution in [0.2, 0.25) is 0 Å². The Bertz CT molecular complexity index is 915. The lowest BCUT2D eigenvalue weighted by Gasteiger charge is -2.29. The number of hydrogen-bond donors (Lipinski definition) is 2. The third-order valence-corrected chi connectivity index (χ3v) is 5.61. The Balaban J connectivity index is 1.54. The maximum atomic E-state index is 12.8. The van der Waals surface area contributed by atoms with Crippen LogP contribution in [0.3, 0.4) is 0 Å². The van der Waals surface area contributed by atoms with Crippen molar-refractivity contribution in [2.75, 3.05) is 24.7 Å². The van der Waals surface area contributed by atoms with Crippen molar-refractivity contribution in [1.29, 1.82) is 0 Å². The van der Waals surface area contributed by atoms with E-state index in [4.69, 9.17) is 4.18 Å². The van der Waals surface area contributed by atoms with E-state index in [1.165, 1.54) is 4.90 Å². The first-order valence-electron chi connectivity index (χ1n) is 9.61. The maximum absolute atomic E-state index is 12.8. The van der Waals surface area contributed by atoms with Crippen molar-refractivity contribution in [3.8, 4) is 0 Å². The van der Waals surface area contributed by atoms with Crippen molar-refractivity contribution in [2.45, 2.75) is 44.7 Å². The molecule has 10 heteroatoms. The van der Waals surface area contributed by atoms with Gasteiger partial charge in [-0.1, -0.05) is 6.07 Å². The van der Waals surface area contributed by atoms with Crippen LogP contribution in [0.25, 0.3) is 0 Å². The van der Waals surface area contributed by atoms with E-state index in [0.29, 0.717) is 31.5 Å².